The fraction of sp³-hybridized carbons (Fsp3) is 0.0667. The Morgan fingerprint density at radius 2 is 1.96 bits per heavy atom. The molecule has 118 valence electrons. The molecule has 0 fully saturated rings. The average molecular weight is 331 g/mol. The van der Waals surface area contributed by atoms with E-state index in [0.29, 0.717) is 17.0 Å². The van der Waals surface area contributed by atoms with E-state index in [-0.39, 0.29) is 16.1 Å². The van der Waals surface area contributed by atoms with Gasteiger partial charge in [-0.15, -0.1) is 0 Å². The summed E-state index contributed by atoms with van der Waals surface area (Å²) >= 11 is 0. The van der Waals surface area contributed by atoms with E-state index in [1.807, 2.05) is 0 Å². The number of amides is 1. The first-order valence-electron chi connectivity index (χ1n) is 6.66. The van der Waals surface area contributed by atoms with Crippen molar-refractivity contribution >= 4 is 32.7 Å². The van der Waals surface area contributed by atoms with Gasteiger partial charge in [0.1, 0.15) is 5.52 Å². The Morgan fingerprint density at radius 3 is 2.70 bits per heavy atom. The van der Waals surface area contributed by atoms with Crippen LogP contribution in [0.4, 0.5) is 5.69 Å². The maximum absolute atomic E-state index is 12.5. The lowest BCUT2D eigenvalue weighted by Crippen LogP contribution is -2.18. The van der Waals surface area contributed by atoms with E-state index in [1.165, 1.54) is 30.3 Å². The fourth-order valence-electron chi connectivity index (χ4n) is 2.18. The number of para-hydroxylation sites is 1. The van der Waals surface area contributed by atoms with Gasteiger partial charge >= 0.3 is 0 Å². The Morgan fingerprint density at radius 1 is 1.22 bits per heavy atom. The van der Waals surface area contributed by atoms with Crippen molar-refractivity contribution in [2.75, 3.05) is 4.72 Å². The molecule has 3 aromatic rings. The molecule has 23 heavy (non-hydrogen) atoms. The van der Waals surface area contributed by atoms with Gasteiger partial charge in [-0.25, -0.2) is 13.4 Å². The number of carbonyl (C=O) groups is 1. The highest BCUT2D eigenvalue weighted by molar-refractivity contribution is 7.92. The number of nitrogens with two attached hydrogens (primary N) is 1. The Balaban J connectivity index is 2.02. The van der Waals surface area contributed by atoms with E-state index >= 15 is 0 Å². The van der Waals surface area contributed by atoms with Crippen LogP contribution in [0.15, 0.2) is 51.8 Å². The molecule has 0 radical (unpaired) electrons. The predicted molar refractivity (Wildman–Crippen MR) is 84.5 cm³/mol. The van der Waals surface area contributed by atoms with Crippen molar-refractivity contribution in [1.82, 2.24) is 4.98 Å². The van der Waals surface area contributed by atoms with Crippen LogP contribution in [0.3, 0.4) is 0 Å². The SMILES string of the molecule is Cc1nc2cc(S(=O)(=O)Nc3ccccc3C(N)=O)ccc2o1. The lowest BCUT2D eigenvalue weighted by Gasteiger charge is -2.10. The van der Waals surface area contributed by atoms with Crippen molar-refractivity contribution in [3.8, 4) is 0 Å². The molecule has 0 atom stereocenters. The van der Waals surface area contributed by atoms with E-state index < -0.39 is 15.9 Å². The second-order valence-electron chi connectivity index (χ2n) is 4.88. The van der Waals surface area contributed by atoms with Gasteiger partial charge in [0.2, 0.25) is 0 Å². The molecule has 0 aliphatic carbocycles. The number of fused-ring (bicyclic) bond motifs is 1. The number of anilines is 1. The lowest BCUT2D eigenvalue weighted by molar-refractivity contribution is 0.100. The Bertz CT molecular complexity index is 1010. The molecule has 2 aromatic carbocycles. The second-order valence-corrected chi connectivity index (χ2v) is 6.56. The van der Waals surface area contributed by atoms with E-state index in [0.717, 1.165) is 0 Å². The highest BCUT2D eigenvalue weighted by Gasteiger charge is 2.18. The third-order valence-electron chi connectivity index (χ3n) is 3.21. The first-order chi connectivity index (χ1) is 10.9. The minimum Gasteiger partial charge on any atom is -0.441 e. The molecule has 0 spiro atoms. The minimum atomic E-state index is -3.89. The zero-order chi connectivity index (χ0) is 16.6. The highest BCUT2D eigenvalue weighted by atomic mass is 32.2. The highest BCUT2D eigenvalue weighted by Crippen LogP contribution is 2.23. The Hall–Kier alpha value is -2.87. The van der Waals surface area contributed by atoms with Gasteiger partial charge in [-0.1, -0.05) is 12.1 Å². The number of nitrogens with one attached hydrogen (secondary N) is 1. The van der Waals surface area contributed by atoms with Crippen molar-refractivity contribution < 1.29 is 17.6 Å². The summed E-state index contributed by atoms with van der Waals surface area (Å²) in [5.41, 5.74) is 6.40. The van der Waals surface area contributed by atoms with Crippen LogP contribution in [-0.4, -0.2) is 19.3 Å². The monoisotopic (exact) mass is 331 g/mol. The van der Waals surface area contributed by atoms with Crippen LogP contribution >= 0.6 is 0 Å². The number of hydrogen-bond donors (Lipinski definition) is 2. The Kier molecular flexibility index (Phi) is 3.53. The standard InChI is InChI=1S/C15H13N3O4S/c1-9-17-13-8-10(6-7-14(13)22-9)23(20,21)18-12-5-3-2-4-11(12)15(16)19/h2-8,18H,1H3,(H2,16,19). The molecule has 0 aliphatic heterocycles. The third-order valence-corrected chi connectivity index (χ3v) is 4.58. The van der Waals surface area contributed by atoms with Crippen LogP contribution in [0.2, 0.25) is 0 Å². The average Bonchev–Trinajstić information content (AvgIpc) is 2.86. The summed E-state index contributed by atoms with van der Waals surface area (Å²) in [5.74, 6) is -0.271. The zero-order valence-corrected chi connectivity index (χ0v) is 12.9. The molecule has 0 unspecified atom stereocenters. The van der Waals surface area contributed by atoms with Gasteiger partial charge in [0.15, 0.2) is 11.5 Å². The van der Waals surface area contributed by atoms with E-state index in [4.69, 9.17) is 10.2 Å². The number of benzene rings is 2. The summed E-state index contributed by atoms with van der Waals surface area (Å²) in [4.78, 5) is 15.5. The maximum atomic E-state index is 12.5. The number of rotatable bonds is 4. The van der Waals surface area contributed by atoms with Crippen LogP contribution in [0.1, 0.15) is 16.2 Å². The zero-order valence-electron chi connectivity index (χ0n) is 12.1. The summed E-state index contributed by atoms with van der Waals surface area (Å²) in [7, 11) is -3.89. The van der Waals surface area contributed by atoms with Gasteiger partial charge in [0.05, 0.1) is 16.1 Å². The molecule has 0 saturated carbocycles. The third kappa shape index (κ3) is 2.88. The van der Waals surface area contributed by atoms with Gasteiger partial charge in [-0.3, -0.25) is 9.52 Å². The van der Waals surface area contributed by atoms with E-state index in [1.54, 1.807) is 19.1 Å². The molecular formula is C15H13N3O4S. The van der Waals surface area contributed by atoms with Crippen LogP contribution in [-0.2, 0) is 10.0 Å². The van der Waals surface area contributed by atoms with Crippen LogP contribution in [0.25, 0.3) is 11.1 Å². The van der Waals surface area contributed by atoms with Gasteiger partial charge in [-0.05, 0) is 30.3 Å². The van der Waals surface area contributed by atoms with Crippen LogP contribution < -0.4 is 10.5 Å². The van der Waals surface area contributed by atoms with Crippen molar-refractivity contribution in [3.63, 3.8) is 0 Å². The fourth-order valence-corrected chi connectivity index (χ4v) is 3.28. The van der Waals surface area contributed by atoms with Crippen molar-refractivity contribution in [2.45, 2.75) is 11.8 Å². The number of aryl methyl sites for hydroxylation is 1. The number of sulfonamides is 1. The van der Waals surface area contributed by atoms with Crippen molar-refractivity contribution in [3.05, 3.63) is 53.9 Å². The van der Waals surface area contributed by atoms with Gasteiger partial charge in [-0.2, -0.15) is 0 Å². The van der Waals surface area contributed by atoms with Crippen LogP contribution in [0.5, 0.6) is 0 Å². The predicted octanol–water partition coefficient (Wildman–Crippen LogP) is 2.04. The normalized spacial score (nSPS) is 11.5. The molecule has 3 rings (SSSR count). The summed E-state index contributed by atoms with van der Waals surface area (Å²) in [6.45, 7) is 1.68. The number of primary amides is 1. The molecule has 7 nitrogen and oxygen atoms in total. The summed E-state index contributed by atoms with van der Waals surface area (Å²) in [6, 6.07) is 10.5. The summed E-state index contributed by atoms with van der Waals surface area (Å²) in [6.07, 6.45) is 0. The first kappa shape index (κ1) is 15.0. The minimum absolute atomic E-state index is 0.0116. The molecule has 1 amide bonds. The molecule has 8 heteroatoms. The molecule has 0 aliphatic rings. The van der Waals surface area contributed by atoms with Crippen LogP contribution in [0, 0.1) is 6.92 Å². The number of aromatic nitrogens is 1. The van der Waals surface area contributed by atoms with E-state index in [2.05, 4.69) is 9.71 Å². The number of oxazole rings is 1. The number of nitrogens with zero attached hydrogens (tertiary/aromatic N) is 1. The van der Waals surface area contributed by atoms with E-state index in [9.17, 15) is 13.2 Å². The first-order valence-corrected chi connectivity index (χ1v) is 8.14. The summed E-state index contributed by atoms with van der Waals surface area (Å²) in [5, 5.41) is 0. The number of carbonyl (C=O) groups excluding carboxylic acids is 1. The molecular weight excluding hydrogens is 318 g/mol. The topological polar surface area (TPSA) is 115 Å². The lowest BCUT2D eigenvalue weighted by atomic mass is 10.2. The molecule has 3 N–H and O–H groups in total. The second kappa shape index (κ2) is 5.40. The number of hydrogen-bond acceptors (Lipinski definition) is 5. The van der Waals surface area contributed by atoms with Gasteiger partial charge in [0.25, 0.3) is 15.9 Å². The van der Waals surface area contributed by atoms with Crippen molar-refractivity contribution in [2.24, 2.45) is 5.73 Å². The molecule has 0 bridgehead atoms. The largest absolute Gasteiger partial charge is 0.441 e. The molecule has 1 heterocycles. The van der Waals surface area contributed by atoms with Crippen molar-refractivity contribution in [1.29, 1.82) is 0 Å². The molecule has 0 saturated heterocycles. The van der Waals surface area contributed by atoms with Gasteiger partial charge < -0.3 is 10.2 Å². The van der Waals surface area contributed by atoms with Gasteiger partial charge in [0, 0.05) is 6.92 Å². The Labute approximate surface area is 132 Å². The smallest absolute Gasteiger partial charge is 0.261 e. The molecule has 1 aromatic heterocycles. The quantitative estimate of drug-likeness (QED) is 0.759. The summed E-state index contributed by atoms with van der Waals surface area (Å²) < 4.78 is 32.7. The maximum Gasteiger partial charge on any atom is 0.261 e.